The molecule has 1 saturated carbocycles. The van der Waals surface area contributed by atoms with E-state index in [9.17, 15) is 0 Å². The summed E-state index contributed by atoms with van der Waals surface area (Å²) in [5.41, 5.74) is 0.562. The van der Waals surface area contributed by atoms with Gasteiger partial charge in [0.05, 0.1) is 6.54 Å². The second-order valence-corrected chi connectivity index (χ2v) is 5.10. The van der Waals surface area contributed by atoms with E-state index in [1.807, 2.05) is 6.92 Å². The van der Waals surface area contributed by atoms with Crippen molar-refractivity contribution in [2.75, 3.05) is 6.54 Å². The van der Waals surface area contributed by atoms with Gasteiger partial charge in [-0.15, -0.1) is 5.92 Å². The van der Waals surface area contributed by atoms with E-state index in [1.54, 1.807) is 0 Å². The maximum atomic E-state index is 3.53. The molecule has 0 aromatic rings. The van der Waals surface area contributed by atoms with E-state index in [4.69, 9.17) is 0 Å². The van der Waals surface area contributed by atoms with Gasteiger partial charge in [0.2, 0.25) is 0 Å². The lowest BCUT2D eigenvalue weighted by Gasteiger charge is -2.21. The smallest absolute Gasteiger partial charge is 0.0578 e. The molecule has 80 valence electrons. The summed E-state index contributed by atoms with van der Waals surface area (Å²) in [6, 6.07) is 0.706. The zero-order chi connectivity index (χ0) is 10.4. The molecule has 1 aliphatic rings. The quantitative estimate of drug-likeness (QED) is 0.525. The summed E-state index contributed by atoms with van der Waals surface area (Å²) in [6.07, 6.45) is 6.74. The van der Waals surface area contributed by atoms with E-state index in [1.165, 1.54) is 32.1 Å². The molecule has 0 aliphatic heterocycles. The minimum absolute atomic E-state index is 0.562. The summed E-state index contributed by atoms with van der Waals surface area (Å²) >= 11 is 0. The van der Waals surface area contributed by atoms with Crippen LogP contribution in [0.15, 0.2) is 0 Å². The molecule has 0 radical (unpaired) electrons. The van der Waals surface area contributed by atoms with Crippen molar-refractivity contribution in [3.63, 3.8) is 0 Å². The molecule has 1 rings (SSSR count). The molecule has 1 aliphatic carbocycles. The highest BCUT2D eigenvalue weighted by Crippen LogP contribution is 2.33. The molecule has 0 bridgehead atoms. The predicted molar refractivity (Wildman–Crippen MR) is 62.1 cm³/mol. The maximum absolute atomic E-state index is 3.53. The summed E-state index contributed by atoms with van der Waals surface area (Å²) in [7, 11) is 0. The van der Waals surface area contributed by atoms with Crippen LogP contribution < -0.4 is 5.32 Å². The van der Waals surface area contributed by atoms with Crippen LogP contribution in [0.25, 0.3) is 0 Å². The number of rotatable bonds is 2. The molecule has 1 heteroatoms. The summed E-state index contributed by atoms with van der Waals surface area (Å²) in [5, 5.41) is 3.53. The monoisotopic (exact) mass is 193 g/mol. The van der Waals surface area contributed by atoms with Gasteiger partial charge in [-0.2, -0.15) is 0 Å². The molecule has 0 saturated heterocycles. The molecule has 0 aromatic carbocycles. The normalized spacial score (nSPS) is 26.1. The number of nitrogens with one attached hydrogen (secondary N) is 1. The summed E-state index contributed by atoms with van der Waals surface area (Å²) in [5.74, 6) is 6.00. The molecule has 0 amide bonds. The van der Waals surface area contributed by atoms with Crippen LogP contribution in [0.5, 0.6) is 0 Å². The fraction of sp³-hybridized carbons (Fsp3) is 0.846. The van der Waals surface area contributed by atoms with Gasteiger partial charge in [-0.05, 0) is 38.0 Å². The largest absolute Gasteiger partial charge is 0.303 e. The van der Waals surface area contributed by atoms with Crippen molar-refractivity contribution in [3.8, 4) is 11.8 Å². The molecule has 1 nitrogen and oxygen atoms in total. The Morgan fingerprint density at radius 3 is 2.79 bits per heavy atom. The Hall–Kier alpha value is -0.480. The average molecular weight is 193 g/mol. The third kappa shape index (κ3) is 4.15. The van der Waals surface area contributed by atoms with Gasteiger partial charge in [0.1, 0.15) is 0 Å². The first-order chi connectivity index (χ1) is 6.64. The minimum atomic E-state index is 0.562. The van der Waals surface area contributed by atoms with E-state index >= 15 is 0 Å². The van der Waals surface area contributed by atoms with Crippen LogP contribution in [0.4, 0.5) is 0 Å². The van der Waals surface area contributed by atoms with Crippen molar-refractivity contribution in [2.24, 2.45) is 5.41 Å². The fourth-order valence-electron chi connectivity index (χ4n) is 2.15. The van der Waals surface area contributed by atoms with Crippen LogP contribution in [-0.2, 0) is 0 Å². The first kappa shape index (κ1) is 11.6. The van der Waals surface area contributed by atoms with Crippen molar-refractivity contribution < 1.29 is 0 Å². The molecule has 1 N–H and O–H groups in total. The van der Waals surface area contributed by atoms with Crippen LogP contribution in [0, 0.1) is 17.3 Å². The van der Waals surface area contributed by atoms with E-state index in [0.717, 1.165) is 6.54 Å². The van der Waals surface area contributed by atoms with Crippen LogP contribution >= 0.6 is 0 Å². The highest BCUT2D eigenvalue weighted by atomic mass is 14.9. The highest BCUT2D eigenvalue weighted by molar-refractivity contribution is 4.97. The van der Waals surface area contributed by atoms with Gasteiger partial charge in [0.25, 0.3) is 0 Å². The number of hydrogen-bond acceptors (Lipinski definition) is 1. The lowest BCUT2D eigenvalue weighted by atomic mass is 9.85. The molecular formula is C13H23N. The Morgan fingerprint density at radius 2 is 2.07 bits per heavy atom. The summed E-state index contributed by atoms with van der Waals surface area (Å²) < 4.78 is 0. The van der Waals surface area contributed by atoms with Crippen molar-refractivity contribution >= 4 is 0 Å². The van der Waals surface area contributed by atoms with Crippen LogP contribution in [0.2, 0.25) is 0 Å². The third-order valence-corrected chi connectivity index (χ3v) is 3.23. The Morgan fingerprint density at radius 1 is 1.29 bits per heavy atom. The SMILES string of the molecule is CC#CCNC1CCCC(C)(C)CC1. The van der Waals surface area contributed by atoms with Crippen molar-refractivity contribution in [2.45, 2.75) is 58.9 Å². The first-order valence-electron chi connectivity index (χ1n) is 5.77. The van der Waals surface area contributed by atoms with Crippen molar-refractivity contribution in [1.29, 1.82) is 0 Å². The minimum Gasteiger partial charge on any atom is -0.303 e. The van der Waals surface area contributed by atoms with E-state index in [2.05, 4.69) is 31.0 Å². The van der Waals surface area contributed by atoms with Gasteiger partial charge in [-0.1, -0.05) is 26.2 Å². The van der Waals surface area contributed by atoms with Crippen LogP contribution in [0.1, 0.15) is 52.9 Å². The zero-order valence-electron chi connectivity index (χ0n) is 9.82. The van der Waals surface area contributed by atoms with Gasteiger partial charge in [-0.3, -0.25) is 0 Å². The predicted octanol–water partition coefficient (Wildman–Crippen LogP) is 2.96. The first-order valence-corrected chi connectivity index (χ1v) is 5.77. The van der Waals surface area contributed by atoms with Crippen molar-refractivity contribution in [3.05, 3.63) is 0 Å². The molecular weight excluding hydrogens is 170 g/mol. The second kappa shape index (κ2) is 5.41. The number of hydrogen-bond donors (Lipinski definition) is 1. The highest BCUT2D eigenvalue weighted by Gasteiger charge is 2.23. The summed E-state index contributed by atoms with van der Waals surface area (Å²) in [4.78, 5) is 0. The van der Waals surface area contributed by atoms with Crippen LogP contribution in [0.3, 0.4) is 0 Å². The molecule has 0 spiro atoms. The molecule has 0 heterocycles. The van der Waals surface area contributed by atoms with Gasteiger partial charge in [-0.25, -0.2) is 0 Å². The lowest BCUT2D eigenvalue weighted by molar-refractivity contribution is 0.310. The van der Waals surface area contributed by atoms with Crippen LogP contribution in [-0.4, -0.2) is 12.6 Å². The zero-order valence-corrected chi connectivity index (χ0v) is 9.82. The average Bonchev–Trinajstić information content (AvgIpc) is 2.28. The molecule has 1 unspecified atom stereocenters. The molecule has 14 heavy (non-hydrogen) atoms. The Kier molecular flexibility index (Phi) is 4.48. The molecule has 1 atom stereocenters. The van der Waals surface area contributed by atoms with Gasteiger partial charge in [0, 0.05) is 6.04 Å². The topological polar surface area (TPSA) is 12.0 Å². The lowest BCUT2D eigenvalue weighted by Crippen LogP contribution is -2.29. The summed E-state index contributed by atoms with van der Waals surface area (Å²) in [6.45, 7) is 7.54. The molecule has 1 fully saturated rings. The Balaban J connectivity index is 2.30. The van der Waals surface area contributed by atoms with Gasteiger partial charge >= 0.3 is 0 Å². The van der Waals surface area contributed by atoms with Gasteiger partial charge in [0.15, 0.2) is 0 Å². The molecule has 0 aromatic heterocycles. The van der Waals surface area contributed by atoms with E-state index in [-0.39, 0.29) is 0 Å². The van der Waals surface area contributed by atoms with E-state index < -0.39 is 0 Å². The fourth-order valence-corrected chi connectivity index (χ4v) is 2.15. The maximum Gasteiger partial charge on any atom is 0.0578 e. The standard InChI is InChI=1S/C13H23N/c1-4-5-11-14-12-7-6-9-13(2,3)10-8-12/h12,14H,6-11H2,1-3H3. The Labute approximate surface area is 88.7 Å². The van der Waals surface area contributed by atoms with Crippen molar-refractivity contribution in [1.82, 2.24) is 5.32 Å². The third-order valence-electron chi connectivity index (χ3n) is 3.23. The second-order valence-electron chi connectivity index (χ2n) is 5.10. The van der Waals surface area contributed by atoms with E-state index in [0.29, 0.717) is 11.5 Å². The van der Waals surface area contributed by atoms with Gasteiger partial charge < -0.3 is 5.32 Å². The Bertz CT molecular complexity index is 219.